The first-order valence-corrected chi connectivity index (χ1v) is 11.4. The summed E-state index contributed by atoms with van der Waals surface area (Å²) in [4.78, 5) is 17.1. The van der Waals surface area contributed by atoms with Gasteiger partial charge in [0.05, 0.1) is 11.3 Å². The van der Waals surface area contributed by atoms with Gasteiger partial charge in [0.2, 0.25) is 0 Å². The topological polar surface area (TPSA) is 52.2 Å². The second-order valence-electron chi connectivity index (χ2n) is 9.25. The van der Waals surface area contributed by atoms with E-state index >= 15 is 0 Å². The minimum absolute atomic E-state index is 0.194. The van der Waals surface area contributed by atoms with Crippen LogP contribution in [0.1, 0.15) is 70.9 Å². The van der Waals surface area contributed by atoms with Crippen molar-refractivity contribution in [3.8, 4) is 0 Å². The van der Waals surface area contributed by atoms with Gasteiger partial charge in [-0.05, 0) is 49.7 Å². The van der Waals surface area contributed by atoms with Gasteiger partial charge in [0.1, 0.15) is 11.6 Å². The van der Waals surface area contributed by atoms with E-state index in [1.165, 1.54) is 19.3 Å². The molecule has 33 heavy (non-hydrogen) atoms. The van der Waals surface area contributed by atoms with Crippen molar-refractivity contribution >= 4 is 5.91 Å². The van der Waals surface area contributed by atoms with Crippen LogP contribution in [0.2, 0.25) is 0 Å². The van der Waals surface area contributed by atoms with Crippen molar-refractivity contribution in [2.24, 2.45) is 0 Å². The van der Waals surface area contributed by atoms with Crippen molar-refractivity contribution in [2.45, 2.75) is 63.2 Å². The number of nitrogens with one attached hydrogen (secondary N) is 1. The minimum atomic E-state index is -4.92. The molecule has 0 spiro atoms. The van der Waals surface area contributed by atoms with Crippen LogP contribution in [0.5, 0.6) is 0 Å². The number of likely N-dealkylation sites (tertiary alicyclic amines) is 1. The number of fused-ring (bicyclic) bond motifs is 1. The van der Waals surface area contributed by atoms with E-state index in [9.17, 15) is 26.7 Å². The summed E-state index contributed by atoms with van der Waals surface area (Å²) in [6, 6.07) is 1.64. The quantitative estimate of drug-likeness (QED) is 0.668. The molecule has 178 valence electrons. The van der Waals surface area contributed by atoms with Gasteiger partial charge in [-0.3, -0.25) is 14.8 Å². The molecule has 2 fully saturated rings. The summed E-state index contributed by atoms with van der Waals surface area (Å²) >= 11 is 0. The summed E-state index contributed by atoms with van der Waals surface area (Å²) in [5.41, 5.74) is 0.469. The van der Waals surface area contributed by atoms with Gasteiger partial charge in [-0.25, -0.2) is 8.78 Å². The number of hydrogen-bond donors (Lipinski definition) is 1. The van der Waals surface area contributed by atoms with Crippen molar-refractivity contribution in [3.63, 3.8) is 0 Å². The van der Waals surface area contributed by atoms with E-state index in [-0.39, 0.29) is 43.5 Å². The molecule has 0 radical (unpaired) electrons. The van der Waals surface area contributed by atoms with E-state index in [2.05, 4.69) is 15.1 Å². The standard InChI is InChI=1S/C23H25F5N4O/c24-14-10-17(20(18(25)11-14)23(26,27)28)13-4-7-31(8-5-13)22(33)21-16-6-9-32(15-2-1-3-15)12-19(16)29-30-21/h10-11,13,15H,1-9,12H2,(H,29,30). The minimum Gasteiger partial charge on any atom is -0.337 e. The third-order valence-corrected chi connectivity index (χ3v) is 7.35. The van der Waals surface area contributed by atoms with E-state index in [4.69, 9.17) is 0 Å². The number of amides is 1. The average Bonchev–Trinajstić information content (AvgIpc) is 3.14. The number of rotatable bonds is 3. The van der Waals surface area contributed by atoms with Gasteiger partial charge in [-0.2, -0.15) is 18.3 Å². The van der Waals surface area contributed by atoms with Crippen molar-refractivity contribution in [3.05, 3.63) is 51.8 Å². The first-order valence-electron chi connectivity index (χ1n) is 11.4. The Labute approximate surface area is 187 Å². The number of aromatic nitrogens is 2. The molecule has 3 aliphatic rings. The van der Waals surface area contributed by atoms with Crippen LogP contribution in [0.15, 0.2) is 12.1 Å². The molecule has 0 bridgehead atoms. The van der Waals surface area contributed by atoms with Crippen LogP contribution in [0.25, 0.3) is 0 Å². The third-order valence-electron chi connectivity index (χ3n) is 7.35. The maximum absolute atomic E-state index is 14.0. The Morgan fingerprint density at radius 2 is 1.79 bits per heavy atom. The Bertz CT molecular complexity index is 1050. The van der Waals surface area contributed by atoms with Gasteiger partial charge in [0.25, 0.3) is 5.91 Å². The Balaban J connectivity index is 1.28. The molecule has 1 saturated heterocycles. The Kier molecular flexibility index (Phi) is 5.66. The number of H-pyrrole nitrogens is 1. The summed E-state index contributed by atoms with van der Waals surface area (Å²) in [6.07, 6.45) is -0.132. The first-order chi connectivity index (χ1) is 15.7. The number of carbonyl (C=O) groups is 1. The summed E-state index contributed by atoms with van der Waals surface area (Å²) in [5, 5.41) is 7.27. The van der Waals surface area contributed by atoms with E-state index in [0.717, 1.165) is 36.8 Å². The van der Waals surface area contributed by atoms with E-state index in [1.54, 1.807) is 4.90 Å². The van der Waals surface area contributed by atoms with Gasteiger partial charge in [0, 0.05) is 43.9 Å². The molecule has 5 rings (SSSR count). The van der Waals surface area contributed by atoms with Crippen molar-refractivity contribution in [2.75, 3.05) is 19.6 Å². The lowest BCUT2D eigenvalue weighted by Gasteiger charge is -2.39. The summed E-state index contributed by atoms with van der Waals surface area (Å²) in [7, 11) is 0. The fourth-order valence-electron chi connectivity index (χ4n) is 5.34. The van der Waals surface area contributed by atoms with Gasteiger partial charge >= 0.3 is 6.18 Å². The fraction of sp³-hybridized carbons (Fsp3) is 0.565. The van der Waals surface area contributed by atoms with Gasteiger partial charge in [-0.15, -0.1) is 0 Å². The van der Waals surface area contributed by atoms with Crippen LogP contribution in [-0.4, -0.2) is 51.6 Å². The zero-order chi connectivity index (χ0) is 23.3. The molecule has 0 unspecified atom stereocenters. The van der Waals surface area contributed by atoms with Crippen molar-refractivity contribution < 1.29 is 26.7 Å². The van der Waals surface area contributed by atoms with Crippen LogP contribution < -0.4 is 0 Å². The molecule has 1 aromatic carbocycles. The lowest BCUT2D eigenvalue weighted by Crippen LogP contribution is -2.43. The van der Waals surface area contributed by atoms with E-state index in [1.807, 2.05) is 0 Å². The number of hydrogen-bond acceptors (Lipinski definition) is 3. The lowest BCUT2D eigenvalue weighted by atomic mass is 9.85. The molecule has 3 heterocycles. The van der Waals surface area contributed by atoms with Crippen molar-refractivity contribution in [1.29, 1.82) is 0 Å². The van der Waals surface area contributed by atoms with Crippen LogP contribution in [-0.2, 0) is 19.1 Å². The number of halogens is 5. The molecule has 1 amide bonds. The molecule has 1 aliphatic carbocycles. The smallest absolute Gasteiger partial charge is 0.337 e. The summed E-state index contributed by atoms with van der Waals surface area (Å²) in [5.74, 6) is -3.56. The summed E-state index contributed by atoms with van der Waals surface area (Å²) in [6.45, 7) is 2.03. The largest absolute Gasteiger partial charge is 0.419 e. The SMILES string of the molecule is O=C(c1n[nH]c2c1CCN(C1CCC1)C2)N1CCC(c2cc(F)cc(F)c2C(F)(F)F)CC1. The third kappa shape index (κ3) is 4.13. The highest BCUT2D eigenvalue weighted by atomic mass is 19.4. The van der Waals surface area contributed by atoms with E-state index < -0.39 is 29.3 Å². The molecule has 10 heteroatoms. The van der Waals surface area contributed by atoms with Crippen molar-refractivity contribution in [1.82, 2.24) is 20.0 Å². The number of piperidine rings is 1. The highest BCUT2D eigenvalue weighted by Crippen LogP contribution is 2.41. The second kappa shape index (κ2) is 8.38. The number of aromatic amines is 1. The van der Waals surface area contributed by atoms with E-state index in [0.29, 0.717) is 11.7 Å². The lowest BCUT2D eigenvalue weighted by molar-refractivity contribution is -0.141. The second-order valence-corrected chi connectivity index (χ2v) is 9.25. The maximum Gasteiger partial charge on any atom is 0.419 e. The van der Waals surface area contributed by atoms with Gasteiger partial charge < -0.3 is 4.90 Å². The number of alkyl halides is 3. The normalized spacial score (nSPS) is 20.6. The van der Waals surface area contributed by atoms with Crippen LogP contribution >= 0.6 is 0 Å². The summed E-state index contributed by atoms with van der Waals surface area (Å²) < 4.78 is 67.9. The first kappa shape index (κ1) is 22.3. The number of benzene rings is 1. The molecule has 1 N–H and O–H groups in total. The maximum atomic E-state index is 14.0. The van der Waals surface area contributed by atoms with Crippen LogP contribution in [0.3, 0.4) is 0 Å². The predicted molar refractivity (Wildman–Crippen MR) is 110 cm³/mol. The Morgan fingerprint density at radius 3 is 2.42 bits per heavy atom. The zero-order valence-electron chi connectivity index (χ0n) is 18.0. The Hall–Kier alpha value is -2.49. The zero-order valence-corrected chi connectivity index (χ0v) is 18.0. The molecule has 2 aliphatic heterocycles. The Morgan fingerprint density at radius 1 is 1.06 bits per heavy atom. The monoisotopic (exact) mass is 468 g/mol. The fourth-order valence-corrected chi connectivity index (χ4v) is 5.34. The number of nitrogens with zero attached hydrogens (tertiary/aromatic N) is 3. The average molecular weight is 468 g/mol. The molecular formula is C23H25F5N4O. The molecule has 2 aromatic rings. The van der Waals surface area contributed by atoms with Gasteiger partial charge in [-0.1, -0.05) is 6.42 Å². The molecule has 1 saturated carbocycles. The molecule has 1 aromatic heterocycles. The van der Waals surface area contributed by atoms with Crippen LogP contribution in [0, 0.1) is 11.6 Å². The highest BCUT2D eigenvalue weighted by molar-refractivity contribution is 5.94. The molecule has 0 atom stereocenters. The van der Waals surface area contributed by atoms with Gasteiger partial charge in [0.15, 0.2) is 5.69 Å². The molecule has 5 nitrogen and oxygen atoms in total. The van der Waals surface area contributed by atoms with Crippen LogP contribution in [0.4, 0.5) is 22.0 Å². The molecular weight excluding hydrogens is 443 g/mol. The number of carbonyl (C=O) groups excluding carboxylic acids is 1. The highest BCUT2D eigenvalue weighted by Gasteiger charge is 2.40. The predicted octanol–water partition coefficient (Wildman–Crippen LogP) is 4.64.